The summed E-state index contributed by atoms with van der Waals surface area (Å²) in [5.74, 6) is 0.116. The van der Waals surface area contributed by atoms with Crippen molar-refractivity contribution in [3.63, 3.8) is 0 Å². The molecule has 5 nitrogen and oxygen atoms in total. The van der Waals surface area contributed by atoms with Gasteiger partial charge in [-0.25, -0.2) is 4.98 Å². The quantitative estimate of drug-likeness (QED) is 0.820. The molecule has 0 saturated carbocycles. The molecular formula is C7H8ClF3N4O. The minimum absolute atomic E-state index is 0.0779. The molecule has 9 heteroatoms. The van der Waals surface area contributed by atoms with E-state index in [9.17, 15) is 13.2 Å². The molecule has 90 valence electrons. The lowest BCUT2D eigenvalue weighted by Crippen LogP contribution is -2.18. The highest BCUT2D eigenvalue weighted by Gasteiger charge is 2.27. The largest absolute Gasteiger partial charge is 0.411 e. The topological polar surface area (TPSA) is 73.9 Å². The first kappa shape index (κ1) is 12.9. The smallest absolute Gasteiger partial charge is 0.372 e. The standard InChI is InChI=1S/C7H8ClF3N4O/c8-5-13-4(14-6(12)15-5)1-2-16-3-7(9,10)11/h1-3H2,(H2,12,13,14,15). The van der Waals surface area contributed by atoms with Gasteiger partial charge in [-0.15, -0.1) is 0 Å². The van der Waals surface area contributed by atoms with Crippen molar-refractivity contribution in [2.45, 2.75) is 12.6 Å². The van der Waals surface area contributed by atoms with Crippen LogP contribution in [0.5, 0.6) is 0 Å². The summed E-state index contributed by atoms with van der Waals surface area (Å²) in [5, 5.41) is -0.0988. The molecule has 0 aliphatic heterocycles. The summed E-state index contributed by atoms with van der Waals surface area (Å²) in [6, 6.07) is 0. The molecule has 0 radical (unpaired) electrons. The number of ether oxygens (including phenoxy) is 1. The Kier molecular flexibility index (Phi) is 4.25. The minimum atomic E-state index is -4.34. The number of anilines is 1. The third-order valence-electron chi connectivity index (χ3n) is 1.41. The fourth-order valence-electron chi connectivity index (χ4n) is 0.871. The van der Waals surface area contributed by atoms with E-state index < -0.39 is 12.8 Å². The van der Waals surface area contributed by atoms with Crippen molar-refractivity contribution in [1.82, 2.24) is 15.0 Å². The summed E-state index contributed by atoms with van der Waals surface area (Å²) in [6.07, 6.45) is -4.25. The van der Waals surface area contributed by atoms with Gasteiger partial charge in [0.1, 0.15) is 12.4 Å². The van der Waals surface area contributed by atoms with E-state index in [0.717, 1.165) is 0 Å². The van der Waals surface area contributed by atoms with E-state index in [4.69, 9.17) is 17.3 Å². The second kappa shape index (κ2) is 5.26. The molecule has 0 amide bonds. The van der Waals surface area contributed by atoms with E-state index >= 15 is 0 Å². The molecule has 0 atom stereocenters. The lowest BCUT2D eigenvalue weighted by Gasteiger charge is -2.06. The third-order valence-corrected chi connectivity index (χ3v) is 1.58. The fourth-order valence-corrected chi connectivity index (χ4v) is 1.06. The number of nitrogens with two attached hydrogens (primary N) is 1. The van der Waals surface area contributed by atoms with Crippen molar-refractivity contribution in [3.05, 3.63) is 11.1 Å². The number of hydrogen-bond donors (Lipinski definition) is 1. The molecule has 1 rings (SSSR count). The summed E-state index contributed by atoms with van der Waals surface area (Å²) in [7, 11) is 0. The average Bonchev–Trinajstić information content (AvgIpc) is 2.09. The van der Waals surface area contributed by atoms with E-state index in [1.165, 1.54) is 0 Å². The third kappa shape index (κ3) is 5.08. The molecule has 0 saturated heterocycles. The number of nitrogen functional groups attached to an aromatic ring is 1. The molecule has 0 fully saturated rings. The summed E-state index contributed by atoms with van der Waals surface area (Å²) < 4.78 is 39.5. The first-order valence-electron chi connectivity index (χ1n) is 4.17. The summed E-state index contributed by atoms with van der Waals surface area (Å²) in [4.78, 5) is 10.8. The second-order valence-electron chi connectivity index (χ2n) is 2.80. The van der Waals surface area contributed by atoms with E-state index in [1.807, 2.05) is 0 Å². The zero-order chi connectivity index (χ0) is 12.2. The molecule has 0 aliphatic rings. The Labute approximate surface area is 93.8 Å². The van der Waals surface area contributed by atoms with Crippen molar-refractivity contribution in [2.24, 2.45) is 0 Å². The lowest BCUT2D eigenvalue weighted by atomic mass is 10.4. The Morgan fingerprint density at radius 1 is 1.25 bits per heavy atom. The van der Waals surface area contributed by atoms with Crippen molar-refractivity contribution in [1.29, 1.82) is 0 Å². The maximum Gasteiger partial charge on any atom is 0.411 e. The molecule has 0 aromatic carbocycles. The van der Waals surface area contributed by atoms with Gasteiger partial charge in [-0.3, -0.25) is 0 Å². The van der Waals surface area contributed by atoms with Crippen LogP contribution in [0.25, 0.3) is 0 Å². The van der Waals surface area contributed by atoms with Crippen LogP contribution in [0.3, 0.4) is 0 Å². The van der Waals surface area contributed by atoms with E-state index in [2.05, 4.69) is 19.7 Å². The van der Waals surface area contributed by atoms with Crippen molar-refractivity contribution >= 4 is 17.5 Å². The Morgan fingerprint density at radius 3 is 2.50 bits per heavy atom. The lowest BCUT2D eigenvalue weighted by molar-refractivity contribution is -0.173. The second-order valence-corrected chi connectivity index (χ2v) is 3.13. The van der Waals surface area contributed by atoms with Gasteiger partial charge in [-0.1, -0.05) is 0 Å². The molecular weight excluding hydrogens is 249 g/mol. The van der Waals surface area contributed by atoms with Gasteiger partial charge in [0.05, 0.1) is 6.61 Å². The SMILES string of the molecule is Nc1nc(Cl)nc(CCOCC(F)(F)F)n1. The molecule has 1 aromatic rings. The molecule has 0 aliphatic carbocycles. The van der Waals surface area contributed by atoms with Crippen LogP contribution in [-0.4, -0.2) is 34.3 Å². The van der Waals surface area contributed by atoms with Crippen LogP contribution in [0, 0.1) is 0 Å². The van der Waals surface area contributed by atoms with Gasteiger partial charge in [-0.2, -0.15) is 23.1 Å². The van der Waals surface area contributed by atoms with E-state index in [-0.39, 0.29) is 30.1 Å². The Hall–Kier alpha value is -1.15. The minimum Gasteiger partial charge on any atom is -0.372 e. The highest BCUT2D eigenvalue weighted by Crippen LogP contribution is 2.14. The molecule has 2 N–H and O–H groups in total. The fraction of sp³-hybridized carbons (Fsp3) is 0.571. The summed E-state index contributed by atoms with van der Waals surface area (Å²) in [6.45, 7) is -1.47. The highest BCUT2D eigenvalue weighted by molar-refractivity contribution is 6.28. The molecule has 16 heavy (non-hydrogen) atoms. The van der Waals surface area contributed by atoms with Crippen LogP contribution >= 0.6 is 11.6 Å². The normalized spacial score (nSPS) is 11.8. The van der Waals surface area contributed by atoms with Crippen molar-refractivity contribution in [3.8, 4) is 0 Å². The highest BCUT2D eigenvalue weighted by atomic mass is 35.5. The zero-order valence-corrected chi connectivity index (χ0v) is 8.72. The molecule has 0 bridgehead atoms. The van der Waals surface area contributed by atoms with Gasteiger partial charge in [0.15, 0.2) is 0 Å². The van der Waals surface area contributed by atoms with Gasteiger partial charge < -0.3 is 10.5 Å². The first-order valence-corrected chi connectivity index (χ1v) is 4.55. The van der Waals surface area contributed by atoms with Gasteiger partial charge in [0.2, 0.25) is 11.2 Å². The number of rotatable bonds is 4. The predicted octanol–water partition coefficient (Wildman–Crippen LogP) is 1.23. The average molecular weight is 257 g/mol. The van der Waals surface area contributed by atoms with Crippen LogP contribution in [0.1, 0.15) is 5.82 Å². The number of alkyl halides is 3. The maximum absolute atomic E-state index is 11.7. The van der Waals surface area contributed by atoms with Gasteiger partial charge >= 0.3 is 6.18 Å². The number of aromatic nitrogens is 3. The summed E-state index contributed by atoms with van der Waals surface area (Å²) in [5.41, 5.74) is 5.27. The van der Waals surface area contributed by atoms with Crippen molar-refractivity contribution < 1.29 is 17.9 Å². The molecule has 1 heterocycles. The van der Waals surface area contributed by atoms with Crippen molar-refractivity contribution in [2.75, 3.05) is 18.9 Å². The number of halogens is 4. The number of nitrogens with zero attached hydrogens (tertiary/aromatic N) is 3. The van der Waals surface area contributed by atoms with Crippen LogP contribution in [-0.2, 0) is 11.2 Å². The van der Waals surface area contributed by atoms with Crippen LogP contribution < -0.4 is 5.73 Å². The monoisotopic (exact) mass is 256 g/mol. The van der Waals surface area contributed by atoms with Gasteiger partial charge in [-0.05, 0) is 11.6 Å². The maximum atomic E-state index is 11.7. The predicted molar refractivity (Wildman–Crippen MR) is 49.8 cm³/mol. The molecule has 0 unspecified atom stereocenters. The van der Waals surface area contributed by atoms with Gasteiger partial charge in [0, 0.05) is 6.42 Å². The number of hydrogen-bond acceptors (Lipinski definition) is 5. The Bertz CT molecular complexity index is 340. The summed E-state index contributed by atoms with van der Waals surface area (Å²) >= 11 is 5.47. The molecule has 0 spiro atoms. The van der Waals surface area contributed by atoms with E-state index in [0.29, 0.717) is 0 Å². The first-order chi connectivity index (χ1) is 7.37. The van der Waals surface area contributed by atoms with Crippen LogP contribution in [0.2, 0.25) is 5.28 Å². The molecule has 1 aromatic heterocycles. The Balaban J connectivity index is 2.37. The van der Waals surface area contributed by atoms with E-state index in [1.54, 1.807) is 0 Å². The van der Waals surface area contributed by atoms with Gasteiger partial charge in [0.25, 0.3) is 0 Å². The van der Waals surface area contributed by atoms with Crippen LogP contribution in [0.4, 0.5) is 19.1 Å². The Morgan fingerprint density at radius 2 is 1.94 bits per heavy atom. The van der Waals surface area contributed by atoms with Crippen LogP contribution in [0.15, 0.2) is 0 Å². The zero-order valence-electron chi connectivity index (χ0n) is 7.96.